The van der Waals surface area contributed by atoms with E-state index in [-0.39, 0.29) is 22.6 Å². The number of nitro groups is 1. The van der Waals surface area contributed by atoms with Gasteiger partial charge in [-0.2, -0.15) is 8.42 Å². The molecule has 0 radical (unpaired) electrons. The molecule has 174 valence electrons. The van der Waals surface area contributed by atoms with Crippen LogP contribution in [0.25, 0.3) is 0 Å². The molecule has 32 heavy (non-hydrogen) atoms. The number of nitrogens with zero attached hydrogens (tertiary/aromatic N) is 2. The molecule has 1 saturated carbocycles. The Bertz CT molecular complexity index is 988. The van der Waals surface area contributed by atoms with Crippen molar-refractivity contribution in [2.75, 3.05) is 26.2 Å². The highest BCUT2D eigenvalue weighted by atomic mass is 32.2. The lowest BCUT2D eigenvalue weighted by molar-refractivity contribution is -0.385. The smallest absolute Gasteiger partial charge is 0.297 e. The van der Waals surface area contributed by atoms with Gasteiger partial charge >= 0.3 is 0 Å². The van der Waals surface area contributed by atoms with Crippen LogP contribution in [0.3, 0.4) is 0 Å². The summed E-state index contributed by atoms with van der Waals surface area (Å²) in [7, 11) is -4.02. The van der Waals surface area contributed by atoms with Crippen molar-refractivity contribution < 1.29 is 17.5 Å². The van der Waals surface area contributed by atoms with E-state index in [1.54, 1.807) is 0 Å². The van der Waals surface area contributed by atoms with E-state index in [4.69, 9.17) is 4.18 Å². The van der Waals surface area contributed by atoms with Gasteiger partial charge in [0.2, 0.25) is 0 Å². The van der Waals surface area contributed by atoms with Gasteiger partial charge in [0.05, 0.1) is 11.5 Å². The van der Waals surface area contributed by atoms with Crippen LogP contribution in [0, 0.1) is 10.1 Å². The number of benzene rings is 2. The molecule has 1 aliphatic rings. The predicted octanol–water partition coefficient (Wildman–Crippen LogP) is 4.91. The Labute approximate surface area is 190 Å². The van der Waals surface area contributed by atoms with Crippen LogP contribution in [-0.4, -0.2) is 44.5 Å². The van der Waals surface area contributed by atoms with E-state index in [0.29, 0.717) is 6.42 Å². The van der Waals surface area contributed by atoms with Crippen molar-refractivity contribution in [3.8, 4) is 0 Å². The normalized spacial score (nSPS) is 15.8. The zero-order chi connectivity index (χ0) is 23.0. The second-order valence-corrected chi connectivity index (χ2v) is 10.0. The number of nitro benzene ring substituents is 1. The minimum atomic E-state index is -4.02. The second-order valence-electron chi connectivity index (χ2n) is 8.42. The van der Waals surface area contributed by atoms with E-state index in [0.717, 1.165) is 32.1 Å². The van der Waals surface area contributed by atoms with Gasteiger partial charge in [0.15, 0.2) is 0 Å². The van der Waals surface area contributed by atoms with Crippen molar-refractivity contribution >= 4 is 15.8 Å². The minimum absolute atomic E-state index is 0.0470. The van der Waals surface area contributed by atoms with Gasteiger partial charge in [-0.1, -0.05) is 56.2 Å². The second kappa shape index (κ2) is 11.0. The van der Waals surface area contributed by atoms with Crippen molar-refractivity contribution in [1.29, 1.82) is 0 Å². The summed E-state index contributed by atoms with van der Waals surface area (Å²) in [5, 5.41) is 10.9. The molecule has 0 N–H and O–H groups in total. The van der Waals surface area contributed by atoms with E-state index in [1.165, 1.54) is 49.4 Å². The summed E-state index contributed by atoms with van der Waals surface area (Å²) in [6.45, 7) is 4.76. The summed E-state index contributed by atoms with van der Waals surface area (Å²) in [5.74, 6) is 0. The van der Waals surface area contributed by atoms with Crippen LogP contribution >= 0.6 is 0 Å². The highest BCUT2D eigenvalue weighted by Crippen LogP contribution is 2.43. The van der Waals surface area contributed by atoms with Gasteiger partial charge in [0, 0.05) is 18.7 Å². The van der Waals surface area contributed by atoms with Gasteiger partial charge in [0.1, 0.15) is 4.90 Å². The minimum Gasteiger partial charge on any atom is -0.303 e. The van der Waals surface area contributed by atoms with Crippen LogP contribution in [0.15, 0.2) is 59.5 Å². The molecule has 7 nitrogen and oxygen atoms in total. The van der Waals surface area contributed by atoms with Crippen LogP contribution in [0.5, 0.6) is 0 Å². The lowest BCUT2D eigenvalue weighted by Crippen LogP contribution is -2.33. The van der Waals surface area contributed by atoms with E-state index in [9.17, 15) is 18.5 Å². The largest absolute Gasteiger partial charge is 0.303 e. The van der Waals surface area contributed by atoms with Gasteiger partial charge < -0.3 is 4.90 Å². The van der Waals surface area contributed by atoms with E-state index >= 15 is 0 Å². The van der Waals surface area contributed by atoms with E-state index in [2.05, 4.69) is 42.2 Å². The van der Waals surface area contributed by atoms with Gasteiger partial charge in [-0.05, 0) is 55.8 Å². The summed E-state index contributed by atoms with van der Waals surface area (Å²) in [6.07, 6.45) is 6.64. The monoisotopic (exact) mass is 460 g/mol. The zero-order valence-electron chi connectivity index (χ0n) is 18.6. The first-order valence-electron chi connectivity index (χ1n) is 11.3. The van der Waals surface area contributed by atoms with Crippen LogP contribution in [-0.2, 0) is 19.7 Å². The Morgan fingerprint density at radius 3 is 2.44 bits per heavy atom. The molecule has 0 unspecified atom stereocenters. The average molecular weight is 461 g/mol. The maximum Gasteiger partial charge on any atom is 0.297 e. The van der Waals surface area contributed by atoms with Gasteiger partial charge in [-0.15, -0.1) is 0 Å². The van der Waals surface area contributed by atoms with Crippen LogP contribution < -0.4 is 0 Å². The molecular weight excluding hydrogens is 428 g/mol. The molecular formula is C24H32N2O5S. The Morgan fingerprint density at radius 2 is 1.78 bits per heavy atom. The zero-order valence-corrected chi connectivity index (χ0v) is 19.4. The first-order chi connectivity index (χ1) is 15.4. The first kappa shape index (κ1) is 24.4. The quantitative estimate of drug-likeness (QED) is 0.193. The topological polar surface area (TPSA) is 89.8 Å². The fourth-order valence-corrected chi connectivity index (χ4v) is 5.59. The summed E-state index contributed by atoms with van der Waals surface area (Å²) in [5.41, 5.74) is 1.40. The molecule has 3 rings (SSSR count). The van der Waals surface area contributed by atoms with Gasteiger partial charge in [0.25, 0.3) is 15.8 Å². The van der Waals surface area contributed by atoms with Crippen molar-refractivity contribution in [2.24, 2.45) is 0 Å². The molecule has 0 spiro atoms. The molecule has 0 aliphatic heterocycles. The summed E-state index contributed by atoms with van der Waals surface area (Å²) in [6, 6.07) is 15.7. The van der Waals surface area contributed by atoms with Crippen LogP contribution in [0.2, 0.25) is 0 Å². The summed E-state index contributed by atoms with van der Waals surface area (Å²) >= 11 is 0. The Hall–Kier alpha value is -2.29. The molecule has 8 heteroatoms. The maximum atomic E-state index is 12.4. The SMILES string of the molecule is CCN(CCCOS(=O)(=O)c1cccc([N+](=O)[O-])c1)CCC1(c2ccccc2)CCCC1. The van der Waals surface area contributed by atoms with E-state index < -0.39 is 15.0 Å². The Kier molecular flexibility index (Phi) is 8.39. The van der Waals surface area contributed by atoms with Crippen LogP contribution in [0.1, 0.15) is 51.0 Å². The molecule has 2 aromatic rings. The highest BCUT2D eigenvalue weighted by Gasteiger charge is 2.35. The molecule has 1 aliphatic carbocycles. The number of non-ortho nitro benzene ring substituents is 1. The van der Waals surface area contributed by atoms with Crippen molar-refractivity contribution in [3.05, 3.63) is 70.3 Å². The number of rotatable bonds is 12. The standard InChI is InChI=1S/C24H32N2O5S/c1-2-25(18-16-24(14-6-7-15-24)21-10-4-3-5-11-21)17-9-19-31-32(29,30)23-13-8-12-22(20-23)26(27)28/h3-5,8,10-13,20H,2,6-7,9,14-19H2,1H3. The van der Waals surface area contributed by atoms with Gasteiger partial charge in [-0.25, -0.2) is 0 Å². The van der Waals surface area contributed by atoms with Crippen molar-refractivity contribution in [2.45, 2.75) is 55.8 Å². The fraction of sp³-hybridized carbons (Fsp3) is 0.500. The third-order valence-electron chi connectivity index (χ3n) is 6.47. The van der Waals surface area contributed by atoms with Crippen LogP contribution in [0.4, 0.5) is 5.69 Å². The lowest BCUT2D eigenvalue weighted by atomic mass is 9.76. The van der Waals surface area contributed by atoms with Crippen molar-refractivity contribution in [1.82, 2.24) is 4.90 Å². The average Bonchev–Trinajstić information content (AvgIpc) is 3.29. The molecule has 2 aromatic carbocycles. The van der Waals surface area contributed by atoms with E-state index in [1.807, 2.05) is 0 Å². The molecule has 0 saturated heterocycles. The molecule has 1 fully saturated rings. The third-order valence-corrected chi connectivity index (χ3v) is 7.78. The summed E-state index contributed by atoms with van der Waals surface area (Å²) < 4.78 is 29.9. The van der Waals surface area contributed by atoms with Crippen molar-refractivity contribution in [3.63, 3.8) is 0 Å². The lowest BCUT2D eigenvalue weighted by Gasteiger charge is -2.32. The molecule has 0 heterocycles. The Morgan fingerprint density at radius 1 is 1.06 bits per heavy atom. The third kappa shape index (κ3) is 6.15. The maximum absolute atomic E-state index is 12.4. The Balaban J connectivity index is 1.50. The van der Waals surface area contributed by atoms with Gasteiger partial charge in [-0.3, -0.25) is 14.3 Å². The highest BCUT2D eigenvalue weighted by molar-refractivity contribution is 7.86. The number of hydrogen-bond acceptors (Lipinski definition) is 6. The first-order valence-corrected chi connectivity index (χ1v) is 12.7. The predicted molar refractivity (Wildman–Crippen MR) is 124 cm³/mol. The summed E-state index contributed by atoms with van der Waals surface area (Å²) in [4.78, 5) is 12.4. The molecule has 0 aromatic heterocycles. The molecule has 0 amide bonds. The molecule has 0 bridgehead atoms. The fourth-order valence-electron chi connectivity index (χ4n) is 4.60. The molecule has 0 atom stereocenters. The number of hydrogen-bond donors (Lipinski definition) is 0.